The third-order valence-corrected chi connectivity index (χ3v) is 5.58. The Morgan fingerprint density at radius 1 is 1.29 bits per heavy atom. The average molecular weight is 422 g/mol. The standard InChI is InChI=1S/C19H24ClN5O2S/c1-19(2,3)22-18(27)25-9-5-6-12(11-25)16-23-24-17(28-16)15(26)21-14-8-4-7-13(20)10-14/h4,7-8,10,12H,5-6,9,11H2,1-3H3,(H,21,26)(H,22,27)/t12-/m0/s1. The van der Waals surface area contributed by atoms with Gasteiger partial charge in [-0.15, -0.1) is 10.2 Å². The van der Waals surface area contributed by atoms with E-state index >= 15 is 0 Å². The van der Waals surface area contributed by atoms with Crippen LogP contribution in [0.2, 0.25) is 5.02 Å². The van der Waals surface area contributed by atoms with Crippen molar-refractivity contribution in [2.24, 2.45) is 0 Å². The van der Waals surface area contributed by atoms with Crippen LogP contribution in [-0.4, -0.2) is 45.7 Å². The van der Waals surface area contributed by atoms with Gasteiger partial charge in [0.05, 0.1) is 0 Å². The predicted octanol–water partition coefficient (Wildman–Crippen LogP) is 4.13. The number of urea groups is 1. The van der Waals surface area contributed by atoms with Crippen LogP contribution in [0.3, 0.4) is 0 Å². The minimum atomic E-state index is -0.316. The summed E-state index contributed by atoms with van der Waals surface area (Å²) in [6.45, 7) is 7.18. The van der Waals surface area contributed by atoms with Crippen molar-refractivity contribution in [1.82, 2.24) is 20.4 Å². The largest absolute Gasteiger partial charge is 0.333 e. The Hall–Kier alpha value is -2.19. The predicted molar refractivity (Wildman–Crippen MR) is 111 cm³/mol. The van der Waals surface area contributed by atoms with E-state index in [2.05, 4.69) is 20.8 Å². The third kappa shape index (κ3) is 5.42. The number of aromatic nitrogens is 2. The molecule has 150 valence electrons. The molecule has 7 nitrogen and oxygen atoms in total. The molecule has 0 bridgehead atoms. The minimum absolute atomic E-state index is 0.0689. The number of hydrogen-bond acceptors (Lipinski definition) is 5. The number of rotatable bonds is 3. The van der Waals surface area contributed by atoms with Gasteiger partial charge in [0.15, 0.2) is 0 Å². The number of nitrogens with one attached hydrogen (secondary N) is 2. The molecule has 3 rings (SSSR count). The molecule has 28 heavy (non-hydrogen) atoms. The topological polar surface area (TPSA) is 87.2 Å². The molecule has 2 N–H and O–H groups in total. The maximum atomic E-state index is 12.4. The maximum absolute atomic E-state index is 12.4. The van der Waals surface area contributed by atoms with Crippen LogP contribution in [0.5, 0.6) is 0 Å². The number of halogens is 1. The first-order valence-electron chi connectivity index (χ1n) is 9.19. The van der Waals surface area contributed by atoms with E-state index in [0.29, 0.717) is 22.3 Å². The molecular weight excluding hydrogens is 398 g/mol. The van der Waals surface area contributed by atoms with Gasteiger partial charge in [-0.05, 0) is 51.8 Å². The van der Waals surface area contributed by atoms with Gasteiger partial charge in [-0.1, -0.05) is 29.0 Å². The van der Waals surface area contributed by atoms with Crippen molar-refractivity contribution in [3.63, 3.8) is 0 Å². The van der Waals surface area contributed by atoms with Gasteiger partial charge in [0.1, 0.15) is 5.01 Å². The summed E-state index contributed by atoms with van der Waals surface area (Å²) in [5.41, 5.74) is 0.329. The van der Waals surface area contributed by atoms with Gasteiger partial charge in [-0.25, -0.2) is 4.79 Å². The van der Waals surface area contributed by atoms with E-state index in [4.69, 9.17) is 11.6 Å². The summed E-state index contributed by atoms with van der Waals surface area (Å²) in [7, 11) is 0. The van der Waals surface area contributed by atoms with Crippen LogP contribution in [0.25, 0.3) is 0 Å². The lowest BCUT2D eigenvalue weighted by atomic mass is 9.99. The quantitative estimate of drug-likeness (QED) is 0.779. The average Bonchev–Trinajstić information content (AvgIpc) is 3.11. The van der Waals surface area contributed by atoms with E-state index in [-0.39, 0.29) is 23.4 Å². The lowest BCUT2D eigenvalue weighted by molar-refractivity contribution is 0.102. The third-order valence-electron chi connectivity index (χ3n) is 4.26. The van der Waals surface area contributed by atoms with Crippen LogP contribution >= 0.6 is 22.9 Å². The second-order valence-electron chi connectivity index (χ2n) is 7.88. The molecule has 1 aliphatic rings. The highest BCUT2D eigenvalue weighted by molar-refractivity contribution is 7.13. The number of anilines is 1. The zero-order valence-electron chi connectivity index (χ0n) is 16.2. The van der Waals surface area contributed by atoms with Crippen LogP contribution in [-0.2, 0) is 0 Å². The second-order valence-corrected chi connectivity index (χ2v) is 9.32. The lowest BCUT2D eigenvalue weighted by Gasteiger charge is -2.34. The lowest BCUT2D eigenvalue weighted by Crippen LogP contribution is -2.51. The van der Waals surface area contributed by atoms with Crippen LogP contribution in [0.4, 0.5) is 10.5 Å². The second kappa shape index (κ2) is 8.45. The number of carbonyl (C=O) groups excluding carboxylic acids is 2. The van der Waals surface area contributed by atoms with Crippen molar-refractivity contribution in [2.45, 2.75) is 45.1 Å². The molecule has 1 fully saturated rings. The SMILES string of the molecule is CC(C)(C)NC(=O)N1CCC[C@H](c2nnc(C(=O)Nc3cccc(Cl)c3)s2)C1. The Bertz CT molecular complexity index is 864. The van der Waals surface area contributed by atoms with Gasteiger partial charge in [0.2, 0.25) is 5.01 Å². The van der Waals surface area contributed by atoms with E-state index in [1.54, 1.807) is 24.3 Å². The minimum Gasteiger partial charge on any atom is -0.333 e. The van der Waals surface area contributed by atoms with E-state index in [9.17, 15) is 9.59 Å². The number of piperidine rings is 1. The molecule has 1 aromatic carbocycles. The fourth-order valence-electron chi connectivity index (χ4n) is 3.01. The molecule has 0 aliphatic carbocycles. The summed E-state index contributed by atoms with van der Waals surface area (Å²) >= 11 is 7.22. The highest BCUT2D eigenvalue weighted by Crippen LogP contribution is 2.29. The number of carbonyl (C=O) groups is 2. The molecule has 0 radical (unpaired) electrons. The summed E-state index contributed by atoms with van der Waals surface area (Å²) in [4.78, 5) is 26.7. The van der Waals surface area contributed by atoms with Gasteiger partial charge in [0.25, 0.3) is 5.91 Å². The normalized spacial score (nSPS) is 17.3. The van der Waals surface area contributed by atoms with E-state index in [0.717, 1.165) is 24.4 Å². The van der Waals surface area contributed by atoms with E-state index in [1.165, 1.54) is 11.3 Å². The molecule has 2 heterocycles. The molecule has 1 aromatic heterocycles. The van der Waals surface area contributed by atoms with Crippen LogP contribution in [0.1, 0.15) is 54.3 Å². The monoisotopic (exact) mass is 421 g/mol. The van der Waals surface area contributed by atoms with E-state index < -0.39 is 0 Å². The summed E-state index contributed by atoms with van der Waals surface area (Å²) in [5.74, 6) is -0.228. The number of hydrogen-bond donors (Lipinski definition) is 2. The first-order valence-corrected chi connectivity index (χ1v) is 10.4. The first-order chi connectivity index (χ1) is 13.2. The highest BCUT2D eigenvalue weighted by atomic mass is 35.5. The van der Waals surface area contributed by atoms with Crippen molar-refractivity contribution in [3.05, 3.63) is 39.3 Å². The van der Waals surface area contributed by atoms with Gasteiger partial charge < -0.3 is 15.5 Å². The van der Waals surface area contributed by atoms with Crippen molar-refractivity contribution < 1.29 is 9.59 Å². The summed E-state index contributed by atoms with van der Waals surface area (Å²) in [5, 5.41) is 15.7. The maximum Gasteiger partial charge on any atom is 0.317 e. The molecule has 2 aromatic rings. The van der Waals surface area contributed by atoms with Gasteiger partial charge in [-0.3, -0.25) is 4.79 Å². The number of nitrogens with zero attached hydrogens (tertiary/aromatic N) is 3. The van der Waals surface area contributed by atoms with Gasteiger partial charge in [-0.2, -0.15) is 0 Å². The van der Waals surface area contributed by atoms with Crippen LogP contribution in [0, 0.1) is 0 Å². The molecule has 3 amide bonds. The Morgan fingerprint density at radius 2 is 2.07 bits per heavy atom. The zero-order chi connectivity index (χ0) is 20.3. The Labute approximate surface area is 173 Å². The summed E-state index contributed by atoms with van der Waals surface area (Å²) < 4.78 is 0. The molecular formula is C19H24ClN5O2S. The zero-order valence-corrected chi connectivity index (χ0v) is 17.7. The van der Waals surface area contributed by atoms with Crippen molar-refractivity contribution in [3.8, 4) is 0 Å². The Morgan fingerprint density at radius 3 is 2.79 bits per heavy atom. The Balaban J connectivity index is 1.64. The molecule has 1 saturated heterocycles. The van der Waals surface area contributed by atoms with Gasteiger partial charge >= 0.3 is 6.03 Å². The number of benzene rings is 1. The van der Waals surface area contributed by atoms with Gasteiger partial charge in [0, 0.05) is 35.3 Å². The summed E-state index contributed by atoms with van der Waals surface area (Å²) in [6.07, 6.45) is 1.82. The van der Waals surface area contributed by atoms with E-state index in [1.807, 2.05) is 25.7 Å². The Kier molecular flexibility index (Phi) is 6.20. The molecule has 1 atom stereocenters. The molecule has 0 saturated carbocycles. The first kappa shape index (κ1) is 20.5. The molecule has 0 unspecified atom stereocenters. The highest BCUT2D eigenvalue weighted by Gasteiger charge is 2.29. The van der Waals surface area contributed by atoms with Crippen LogP contribution < -0.4 is 10.6 Å². The fourth-order valence-corrected chi connectivity index (χ4v) is 4.06. The smallest absolute Gasteiger partial charge is 0.317 e. The van der Waals surface area contributed by atoms with Crippen LogP contribution in [0.15, 0.2) is 24.3 Å². The summed E-state index contributed by atoms with van der Waals surface area (Å²) in [6, 6.07) is 6.88. The molecule has 9 heteroatoms. The fraction of sp³-hybridized carbons (Fsp3) is 0.474. The number of amides is 3. The molecule has 0 spiro atoms. The van der Waals surface area contributed by atoms with Crippen molar-refractivity contribution >= 4 is 40.6 Å². The van der Waals surface area contributed by atoms with Crippen molar-refractivity contribution in [2.75, 3.05) is 18.4 Å². The number of likely N-dealkylation sites (tertiary alicyclic amines) is 1. The van der Waals surface area contributed by atoms with Crippen molar-refractivity contribution in [1.29, 1.82) is 0 Å². The molecule has 1 aliphatic heterocycles.